The lowest BCUT2D eigenvalue weighted by Gasteiger charge is -2.23. The van der Waals surface area contributed by atoms with Gasteiger partial charge in [-0.05, 0) is 64.7 Å². The second-order valence-corrected chi connectivity index (χ2v) is 14.4. The van der Waals surface area contributed by atoms with Crippen LogP contribution in [-0.2, 0) is 5.41 Å². The summed E-state index contributed by atoms with van der Waals surface area (Å²) in [5.41, 5.74) is 13.1. The first-order valence-corrected chi connectivity index (χ1v) is 18.0. The average Bonchev–Trinajstić information content (AvgIpc) is 3.83. The van der Waals surface area contributed by atoms with Gasteiger partial charge in [0.05, 0.1) is 11.0 Å². The number of hydrogen-bond donors (Lipinski definition) is 0. The van der Waals surface area contributed by atoms with Crippen molar-refractivity contribution in [2.75, 3.05) is 0 Å². The number of nitrogens with zero attached hydrogens (tertiary/aromatic N) is 4. The zero-order valence-electron chi connectivity index (χ0n) is 29.2. The topological polar surface area (TPSA) is 56.7 Å². The molecular formula is C48H32N4O. The lowest BCUT2D eigenvalue weighted by atomic mass is 9.81. The van der Waals surface area contributed by atoms with E-state index in [4.69, 9.17) is 19.4 Å². The van der Waals surface area contributed by atoms with E-state index >= 15 is 0 Å². The second-order valence-electron chi connectivity index (χ2n) is 14.4. The van der Waals surface area contributed by atoms with Crippen LogP contribution in [0.4, 0.5) is 0 Å². The Morgan fingerprint density at radius 1 is 0.472 bits per heavy atom. The summed E-state index contributed by atoms with van der Waals surface area (Å²) in [6.45, 7) is 4.72. The summed E-state index contributed by atoms with van der Waals surface area (Å²) >= 11 is 0. The molecule has 5 heteroatoms. The Bertz CT molecular complexity index is 3100. The highest BCUT2D eigenvalue weighted by Crippen LogP contribution is 2.53. The summed E-state index contributed by atoms with van der Waals surface area (Å²) < 4.78 is 8.59. The highest BCUT2D eigenvalue weighted by Gasteiger charge is 2.38. The van der Waals surface area contributed by atoms with Crippen molar-refractivity contribution in [2.45, 2.75) is 19.3 Å². The minimum atomic E-state index is -0.176. The monoisotopic (exact) mass is 680 g/mol. The average molecular weight is 681 g/mol. The van der Waals surface area contributed by atoms with Crippen molar-refractivity contribution in [1.29, 1.82) is 0 Å². The van der Waals surface area contributed by atoms with Gasteiger partial charge in [0, 0.05) is 49.3 Å². The Balaban J connectivity index is 1.13. The van der Waals surface area contributed by atoms with Gasteiger partial charge in [-0.25, -0.2) is 15.0 Å². The molecule has 53 heavy (non-hydrogen) atoms. The molecule has 10 aromatic rings. The van der Waals surface area contributed by atoms with Crippen LogP contribution >= 0.6 is 0 Å². The van der Waals surface area contributed by atoms with Crippen LogP contribution in [0.3, 0.4) is 0 Å². The van der Waals surface area contributed by atoms with Crippen molar-refractivity contribution >= 4 is 43.7 Å². The summed E-state index contributed by atoms with van der Waals surface area (Å²) in [5, 5.41) is 4.59. The Morgan fingerprint density at radius 2 is 1.13 bits per heavy atom. The molecule has 0 saturated heterocycles. The van der Waals surface area contributed by atoms with Gasteiger partial charge < -0.3 is 8.98 Å². The SMILES string of the molecule is CC1(C)c2ccccc2-c2ccc3c4ccccc4n(-c4cccc(-c5nc(-c6ccccc6)nc(-c6ccc7oc8ccccc8c7c6)n5)c4)c3c21. The van der Waals surface area contributed by atoms with Crippen molar-refractivity contribution in [2.24, 2.45) is 0 Å². The fraction of sp³-hybridized carbons (Fsp3) is 0.0625. The molecule has 0 unspecified atom stereocenters. The number of hydrogen-bond acceptors (Lipinski definition) is 4. The van der Waals surface area contributed by atoms with Gasteiger partial charge in [0.25, 0.3) is 0 Å². The van der Waals surface area contributed by atoms with Crippen molar-refractivity contribution in [3.63, 3.8) is 0 Å². The Kier molecular flexibility index (Phi) is 6.23. The Hall–Kier alpha value is -6.85. The summed E-state index contributed by atoms with van der Waals surface area (Å²) in [7, 11) is 0. The molecule has 0 N–H and O–H groups in total. The largest absolute Gasteiger partial charge is 0.456 e. The van der Waals surface area contributed by atoms with Gasteiger partial charge in [0.1, 0.15) is 11.2 Å². The molecule has 0 spiro atoms. The maximum Gasteiger partial charge on any atom is 0.164 e. The molecule has 0 aliphatic heterocycles. The molecule has 5 nitrogen and oxygen atoms in total. The number of rotatable bonds is 4. The third-order valence-electron chi connectivity index (χ3n) is 11.0. The third-order valence-corrected chi connectivity index (χ3v) is 11.0. The minimum absolute atomic E-state index is 0.176. The number of aromatic nitrogens is 4. The Labute approximate surface area is 305 Å². The van der Waals surface area contributed by atoms with Gasteiger partial charge in [-0.2, -0.15) is 0 Å². The van der Waals surface area contributed by atoms with E-state index in [1.54, 1.807) is 0 Å². The van der Waals surface area contributed by atoms with Gasteiger partial charge in [0.15, 0.2) is 17.5 Å². The van der Waals surface area contributed by atoms with E-state index in [1.165, 1.54) is 44.1 Å². The van der Waals surface area contributed by atoms with Gasteiger partial charge in [-0.15, -0.1) is 0 Å². The van der Waals surface area contributed by atoms with E-state index in [0.29, 0.717) is 17.5 Å². The van der Waals surface area contributed by atoms with Crippen LogP contribution in [0, 0.1) is 0 Å². The van der Waals surface area contributed by atoms with Crippen molar-refractivity contribution < 1.29 is 4.42 Å². The molecular weight excluding hydrogens is 649 g/mol. The molecule has 0 fully saturated rings. The van der Waals surface area contributed by atoms with Gasteiger partial charge in [0.2, 0.25) is 0 Å². The molecule has 250 valence electrons. The van der Waals surface area contributed by atoms with Crippen molar-refractivity contribution in [3.05, 3.63) is 169 Å². The molecule has 3 heterocycles. The van der Waals surface area contributed by atoms with Crippen LogP contribution in [0.15, 0.2) is 162 Å². The highest BCUT2D eigenvalue weighted by atomic mass is 16.3. The lowest BCUT2D eigenvalue weighted by molar-refractivity contribution is 0.664. The van der Waals surface area contributed by atoms with Crippen LogP contribution in [0.2, 0.25) is 0 Å². The van der Waals surface area contributed by atoms with Crippen molar-refractivity contribution in [1.82, 2.24) is 19.5 Å². The predicted octanol–water partition coefficient (Wildman–Crippen LogP) is 12.2. The fourth-order valence-electron chi connectivity index (χ4n) is 8.58. The van der Waals surface area contributed by atoms with Crippen LogP contribution < -0.4 is 0 Å². The van der Waals surface area contributed by atoms with E-state index in [1.807, 2.05) is 60.7 Å². The normalized spacial score (nSPS) is 13.2. The second kappa shape index (κ2) is 11.1. The van der Waals surface area contributed by atoms with Gasteiger partial charge >= 0.3 is 0 Å². The number of benzene rings is 7. The molecule has 0 bridgehead atoms. The predicted molar refractivity (Wildman–Crippen MR) is 215 cm³/mol. The van der Waals surface area contributed by atoms with E-state index in [-0.39, 0.29) is 5.41 Å². The molecule has 0 atom stereocenters. The molecule has 3 aromatic heterocycles. The standard InChI is InChI=1S/C48H32N4O/c1-48(2)39-20-9-6-17-33(39)36-24-25-37-34-18-7-10-21-40(34)52(44(37)43(36)48)32-16-12-15-30(27-32)46-49-45(29-13-4-3-5-14-29)50-47(51-46)31-23-26-42-38(28-31)35-19-8-11-22-41(35)53-42/h3-28H,1-2H3. The van der Waals surface area contributed by atoms with Crippen LogP contribution in [0.5, 0.6) is 0 Å². The number of para-hydroxylation sites is 2. The summed E-state index contributed by atoms with van der Waals surface area (Å²) in [4.78, 5) is 15.3. The fourth-order valence-corrected chi connectivity index (χ4v) is 8.58. The maximum atomic E-state index is 6.14. The minimum Gasteiger partial charge on any atom is -0.456 e. The van der Waals surface area contributed by atoms with E-state index < -0.39 is 0 Å². The summed E-state index contributed by atoms with van der Waals surface area (Å²) in [6, 6.07) is 55.3. The molecule has 7 aromatic carbocycles. The van der Waals surface area contributed by atoms with Crippen LogP contribution in [-0.4, -0.2) is 19.5 Å². The van der Waals surface area contributed by atoms with E-state index in [2.05, 4.69) is 115 Å². The van der Waals surface area contributed by atoms with Gasteiger partial charge in [-0.3, -0.25) is 0 Å². The van der Waals surface area contributed by atoms with E-state index in [9.17, 15) is 0 Å². The Morgan fingerprint density at radius 3 is 1.98 bits per heavy atom. The lowest BCUT2D eigenvalue weighted by Crippen LogP contribution is -2.16. The number of furan rings is 1. The first kappa shape index (κ1) is 29.8. The molecule has 1 aliphatic carbocycles. The smallest absolute Gasteiger partial charge is 0.164 e. The highest BCUT2D eigenvalue weighted by molar-refractivity contribution is 6.13. The first-order valence-electron chi connectivity index (χ1n) is 18.0. The quantitative estimate of drug-likeness (QED) is 0.186. The maximum absolute atomic E-state index is 6.14. The third kappa shape index (κ3) is 4.40. The first-order chi connectivity index (χ1) is 26.0. The zero-order valence-corrected chi connectivity index (χ0v) is 29.2. The van der Waals surface area contributed by atoms with Crippen molar-refractivity contribution in [3.8, 4) is 51.0 Å². The molecule has 0 saturated carbocycles. The summed E-state index contributed by atoms with van der Waals surface area (Å²) in [6.07, 6.45) is 0. The zero-order chi connectivity index (χ0) is 35.3. The summed E-state index contributed by atoms with van der Waals surface area (Å²) in [5.74, 6) is 1.86. The molecule has 11 rings (SSSR count). The van der Waals surface area contributed by atoms with Crippen LogP contribution in [0.25, 0.3) is 94.7 Å². The molecule has 0 amide bonds. The van der Waals surface area contributed by atoms with Crippen LogP contribution in [0.1, 0.15) is 25.0 Å². The molecule has 1 aliphatic rings. The van der Waals surface area contributed by atoms with Gasteiger partial charge in [-0.1, -0.05) is 129 Å². The number of fused-ring (bicyclic) bond motifs is 10. The molecule has 0 radical (unpaired) electrons. The van der Waals surface area contributed by atoms with E-state index in [0.717, 1.165) is 44.3 Å².